The highest BCUT2D eigenvalue weighted by atomic mass is 32.2. The minimum absolute atomic E-state index is 0.0312. The van der Waals surface area contributed by atoms with Gasteiger partial charge in [0.25, 0.3) is 10.0 Å². The molecule has 1 aromatic heterocycles. The number of nitrogens with zero attached hydrogens (tertiary/aromatic N) is 1. The Morgan fingerprint density at radius 3 is 2.42 bits per heavy atom. The number of sulfonamides is 1. The van der Waals surface area contributed by atoms with Gasteiger partial charge in [0, 0.05) is 40.5 Å². The van der Waals surface area contributed by atoms with E-state index < -0.39 is 55.5 Å². The summed E-state index contributed by atoms with van der Waals surface area (Å²) in [6, 6.07) is 7.88. The van der Waals surface area contributed by atoms with Crippen molar-refractivity contribution in [3.63, 3.8) is 0 Å². The zero-order chi connectivity index (χ0) is 34.5. The maximum absolute atomic E-state index is 14.7. The van der Waals surface area contributed by atoms with Crippen molar-refractivity contribution in [2.75, 3.05) is 13.1 Å². The molecule has 48 heavy (non-hydrogen) atoms. The second-order valence-electron chi connectivity index (χ2n) is 15.5. The maximum Gasteiger partial charge on any atom is 0.416 e. The van der Waals surface area contributed by atoms with Gasteiger partial charge in [0.15, 0.2) is 5.78 Å². The molecule has 3 saturated carbocycles. The van der Waals surface area contributed by atoms with E-state index in [1.54, 1.807) is 17.5 Å². The van der Waals surface area contributed by atoms with Crippen molar-refractivity contribution in [3.8, 4) is 0 Å². The Morgan fingerprint density at radius 2 is 1.73 bits per heavy atom. The number of allylic oxidation sites excluding steroid dienone is 4. The molecule has 6 nitrogen and oxygen atoms in total. The number of aliphatic hydroxyl groups is 2. The number of hydrogen-bond acceptors (Lipinski definition) is 6. The van der Waals surface area contributed by atoms with Crippen LogP contribution in [0.4, 0.5) is 13.2 Å². The summed E-state index contributed by atoms with van der Waals surface area (Å²) >= 11 is 1.15. The monoisotopic (exact) mass is 703 g/mol. The highest BCUT2D eigenvalue weighted by Crippen LogP contribution is 2.78. The van der Waals surface area contributed by atoms with Gasteiger partial charge in [-0.05, 0) is 92.2 Å². The summed E-state index contributed by atoms with van der Waals surface area (Å²) in [5, 5.41) is 25.3. The Bertz CT molecular complexity index is 1790. The number of alkyl halides is 3. The molecule has 2 N–H and O–H groups in total. The van der Waals surface area contributed by atoms with Gasteiger partial charge in [0.05, 0.1) is 17.3 Å². The fourth-order valence-corrected chi connectivity index (χ4v) is 13.7. The summed E-state index contributed by atoms with van der Waals surface area (Å²) in [5.74, 6) is -0.760. The molecule has 3 fully saturated rings. The zero-order valence-corrected chi connectivity index (χ0v) is 29.2. The lowest BCUT2D eigenvalue weighted by Crippen LogP contribution is -2.67. The number of thiophene rings is 1. The molecule has 8 atom stereocenters. The standard InChI is InChI=1S/C37H44F3NO5S2/c1-4-18-41(48(45,46)30-9-6-19-47-30)23-35(44)15-12-29-33(35,3)14-11-28-32(2)13-10-26(42)21-34(32)16-17-36(28,29)27(22-34)31(43)24-7-5-8-25(20-24)37(38,39)40/h5-9,16-17,19-20,22,26,28-29,42,44H,4,10-15,18,21,23H2,1-3H3. The average Bonchev–Trinajstić information content (AvgIpc) is 3.67. The maximum atomic E-state index is 14.7. The first kappa shape index (κ1) is 34.2. The first-order valence-electron chi connectivity index (χ1n) is 17.1. The first-order chi connectivity index (χ1) is 22.5. The number of halogens is 3. The van der Waals surface area contributed by atoms with Crippen molar-refractivity contribution in [3.05, 3.63) is 76.7 Å². The molecule has 0 saturated heterocycles. The molecule has 0 radical (unpaired) electrons. The van der Waals surface area contributed by atoms with Crippen LogP contribution in [0.25, 0.3) is 0 Å². The predicted molar refractivity (Wildman–Crippen MR) is 178 cm³/mol. The first-order valence-corrected chi connectivity index (χ1v) is 19.4. The topological polar surface area (TPSA) is 94.9 Å². The second-order valence-corrected chi connectivity index (χ2v) is 18.6. The summed E-state index contributed by atoms with van der Waals surface area (Å²) in [4.78, 5) is 14.7. The Balaban J connectivity index is 1.35. The number of carbonyl (C=O) groups excluding carboxylic acids is 1. The van der Waals surface area contributed by atoms with Crippen LogP contribution < -0.4 is 0 Å². The van der Waals surface area contributed by atoms with Gasteiger partial charge in [-0.2, -0.15) is 17.5 Å². The molecular formula is C37H44F3NO5S2. The van der Waals surface area contributed by atoms with E-state index >= 15 is 0 Å². The van der Waals surface area contributed by atoms with Gasteiger partial charge in [-0.1, -0.05) is 57.2 Å². The van der Waals surface area contributed by atoms with Crippen molar-refractivity contribution in [2.24, 2.45) is 33.5 Å². The summed E-state index contributed by atoms with van der Waals surface area (Å²) in [7, 11) is -3.86. The Hall–Kier alpha value is -2.31. The van der Waals surface area contributed by atoms with Crippen molar-refractivity contribution >= 4 is 27.1 Å². The molecule has 2 aromatic rings. The fourth-order valence-electron chi connectivity index (χ4n) is 11.0. The molecule has 11 heteroatoms. The lowest BCUT2D eigenvalue weighted by molar-refractivity contribution is -0.173. The molecule has 6 aliphatic carbocycles. The van der Waals surface area contributed by atoms with E-state index in [4.69, 9.17) is 0 Å². The highest BCUT2D eigenvalue weighted by Gasteiger charge is 2.74. The fraction of sp³-hybridized carbons (Fsp3) is 0.595. The summed E-state index contributed by atoms with van der Waals surface area (Å²) < 4.78 is 70.7. The molecule has 0 amide bonds. The minimum atomic E-state index is -4.61. The molecule has 1 aromatic carbocycles. The summed E-state index contributed by atoms with van der Waals surface area (Å²) in [6.45, 7) is 6.35. The largest absolute Gasteiger partial charge is 0.416 e. The minimum Gasteiger partial charge on any atom is -0.393 e. The van der Waals surface area contributed by atoms with Crippen molar-refractivity contribution in [1.29, 1.82) is 0 Å². The third-order valence-corrected chi connectivity index (χ3v) is 16.6. The van der Waals surface area contributed by atoms with Gasteiger partial charge in [-0.15, -0.1) is 11.3 Å². The van der Waals surface area contributed by atoms with Gasteiger partial charge in [0.1, 0.15) is 4.21 Å². The normalized spacial score (nSPS) is 38.8. The number of fused-ring (bicyclic) bond motifs is 1. The molecule has 2 bridgehead atoms. The van der Waals surface area contributed by atoms with Gasteiger partial charge < -0.3 is 10.2 Å². The summed E-state index contributed by atoms with van der Waals surface area (Å²) in [6.07, 6.45) is 5.57. The number of hydrogen-bond donors (Lipinski definition) is 2. The van der Waals surface area contributed by atoms with Crippen molar-refractivity contribution in [1.82, 2.24) is 4.31 Å². The zero-order valence-electron chi connectivity index (χ0n) is 27.6. The van der Waals surface area contributed by atoms with Crippen molar-refractivity contribution in [2.45, 2.75) is 94.2 Å². The van der Waals surface area contributed by atoms with Crippen LogP contribution in [0.1, 0.15) is 88.1 Å². The number of benzene rings is 1. The Kier molecular flexibility index (Phi) is 7.89. The molecule has 8 unspecified atom stereocenters. The Morgan fingerprint density at radius 1 is 1.02 bits per heavy atom. The van der Waals surface area contributed by atoms with Crippen LogP contribution in [-0.2, 0) is 16.2 Å². The van der Waals surface area contributed by atoms with E-state index in [-0.39, 0.29) is 40.1 Å². The van der Waals surface area contributed by atoms with Crippen LogP contribution in [0.15, 0.2) is 69.8 Å². The molecule has 1 heterocycles. The molecule has 260 valence electrons. The van der Waals surface area contributed by atoms with Crippen LogP contribution >= 0.6 is 11.3 Å². The molecule has 0 aliphatic heterocycles. The van der Waals surface area contributed by atoms with E-state index in [0.717, 1.165) is 29.9 Å². The molecule has 8 rings (SSSR count). The van der Waals surface area contributed by atoms with E-state index in [9.17, 15) is 36.6 Å². The SMILES string of the molecule is CCCN(CC1(O)CCC2C34C=CC5(C=C3C(=O)c3cccc(C(F)(F)F)c3)CC(O)CCC5(C)C4CCC21C)S(=O)(=O)c1cccs1. The number of ketones is 1. The van der Waals surface area contributed by atoms with Crippen LogP contribution in [-0.4, -0.2) is 53.5 Å². The molecule has 6 aliphatic rings. The van der Waals surface area contributed by atoms with Gasteiger partial charge in [-0.25, -0.2) is 8.42 Å². The van der Waals surface area contributed by atoms with Gasteiger partial charge >= 0.3 is 6.18 Å². The van der Waals surface area contributed by atoms with Crippen LogP contribution in [0.5, 0.6) is 0 Å². The predicted octanol–water partition coefficient (Wildman–Crippen LogP) is 7.64. The van der Waals surface area contributed by atoms with E-state index in [0.29, 0.717) is 50.5 Å². The van der Waals surface area contributed by atoms with Crippen LogP contribution in [0, 0.1) is 33.5 Å². The molecule has 2 spiro atoms. The summed E-state index contributed by atoms with van der Waals surface area (Å²) in [5.41, 5.74) is -4.46. The number of rotatable bonds is 8. The van der Waals surface area contributed by atoms with E-state index in [1.165, 1.54) is 16.4 Å². The van der Waals surface area contributed by atoms with E-state index in [1.807, 2.05) is 19.9 Å². The third kappa shape index (κ3) is 4.59. The lowest BCUT2D eigenvalue weighted by atomic mass is 9.32. The second kappa shape index (κ2) is 11.1. The molecular weight excluding hydrogens is 660 g/mol. The Labute approximate surface area is 284 Å². The highest BCUT2D eigenvalue weighted by molar-refractivity contribution is 7.91. The van der Waals surface area contributed by atoms with Crippen LogP contribution in [0.2, 0.25) is 0 Å². The van der Waals surface area contributed by atoms with Crippen molar-refractivity contribution < 1.29 is 36.6 Å². The van der Waals surface area contributed by atoms with Crippen LogP contribution in [0.3, 0.4) is 0 Å². The number of aliphatic hydroxyl groups excluding tert-OH is 1. The quantitative estimate of drug-likeness (QED) is 0.218. The lowest BCUT2D eigenvalue weighted by Gasteiger charge is -2.71. The smallest absolute Gasteiger partial charge is 0.393 e. The van der Waals surface area contributed by atoms with Gasteiger partial charge in [-0.3, -0.25) is 4.79 Å². The number of carbonyl (C=O) groups is 1. The third-order valence-electron chi connectivity index (χ3n) is 13.4. The van der Waals surface area contributed by atoms with Gasteiger partial charge in [0.2, 0.25) is 0 Å². The number of Topliss-reactive ketones (excluding diaryl/α,β-unsaturated/α-hetero) is 1. The average molecular weight is 704 g/mol. The van der Waals surface area contributed by atoms with E-state index in [2.05, 4.69) is 19.1 Å².